The van der Waals surface area contributed by atoms with Gasteiger partial charge < -0.3 is 16.2 Å². The number of aliphatic hydroxyl groups excluding tert-OH is 1. The molecule has 0 aliphatic carbocycles. The Balaban J connectivity index is 2.56. The average molecular weight is 278 g/mol. The van der Waals surface area contributed by atoms with E-state index in [1.165, 1.54) is 0 Å². The van der Waals surface area contributed by atoms with Crippen molar-refractivity contribution in [3.8, 4) is 0 Å². The molecule has 0 radical (unpaired) electrons. The van der Waals surface area contributed by atoms with Gasteiger partial charge in [-0.3, -0.25) is 4.79 Å². The van der Waals surface area contributed by atoms with Gasteiger partial charge in [-0.1, -0.05) is 44.2 Å². The molecule has 2 unspecified atom stereocenters. The summed E-state index contributed by atoms with van der Waals surface area (Å²) < 4.78 is 0. The van der Waals surface area contributed by atoms with E-state index >= 15 is 0 Å². The van der Waals surface area contributed by atoms with Crippen molar-refractivity contribution in [1.82, 2.24) is 5.32 Å². The van der Waals surface area contributed by atoms with E-state index in [9.17, 15) is 9.90 Å². The molecule has 4 N–H and O–H groups in total. The summed E-state index contributed by atoms with van der Waals surface area (Å²) in [7, 11) is 0. The maximum Gasteiger partial charge on any atom is 0.224 e. The molecule has 1 aromatic rings. The highest BCUT2D eigenvalue weighted by molar-refractivity contribution is 5.79. The van der Waals surface area contributed by atoms with E-state index in [-0.39, 0.29) is 24.5 Å². The zero-order chi connectivity index (χ0) is 15.0. The van der Waals surface area contributed by atoms with Crippen molar-refractivity contribution in [1.29, 1.82) is 0 Å². The molecule has 1 amide bonds. The number of nitrogens with two attached hydrogens (primary N) is 1. The number of benzene rings is 1. The van der Waals surface area contributed by atoms with Gasteiger partial charge in [-0.05, 0) is 24.3 Å². The third-order valence-electron chi connectivity index (χ3n) is 3.30. The van der Waals surface area contributed by atoms with E-state index in [4.69, 9.17) is 5.73 Å². The maximum absolute atomic E-state index is 12.2. The summed E-state index contributed by atoms with van der Waals surface area (Å²) in [6.45, 7) is 4.42. The van der Waals surface area contributed by atoms with E-state index in [1.807, 2.05) is 30.3 Å². The first kappa shape index (κ1) is 16.7. The lowest BCUT2D eigenvalue weighted by molar-refractivity contribution is -0.126. The predicted octanol–water partition coefficient (Wildman–Crippen LogP) is 1.33. The van der Waals surface area contributed by atoms with E-state index in [0.717, 1.165) is 12.0 Å². The van der Waals surface area contributed by atoms with Gasteiger partial charge in [0.15, 0.2) is 0 Å². The van der Waals surface area contributed by atoms with Crippen molar-refractivity contribution in [3.63, 3.8) is 0 Å². The molecule has 112 valence electrons. The van der Waals surface area contributed by atoms with Crippen LogP contribution in [0.2, 0.25) is 0 Å². The number of carbonyl (C=O) groups excluding carboxylic acids is 1. The first-order valence-electron chi connectivity index (χ1n) is 7.22. The molecule has 0 saturated carbocycles. The van der Waals surface area contributed by atoms with Gasteiger partial charge in [-0.25, -0.2) is 0 Å². The van der Waals surface area contributed by atoms with Crippen LogP contribution >= 0.6 is 0 Å². The first-order chi connectivity index (χ1) is 9.56. The zero-order valence-corrected chi connectivity index (χ0v) is 12.4. The zero-order valence-electron chi connectivity index (χ0n) is 12.4. The molecule has 0 heterocycles. The average Bonchev–Trinajstić information content (AvgIpc) is 2.44. The molecular formula is C16H26N2O2. The van der Waals surface area contributed by atoms with Gasteiger partial charge in [-0.15, -0.1) is 0 Å². The van der Waals surface area contributed by atoms with Crippen molar-refractivity contribution in [2.45, 2.75) is 32.7 Å². The second-order valence-electron chi connectivity index (χ2n) is 5.64. The standard InChI is InChI=1S/C16H26N2O2/c1-12(2)8-14(10-17)16(20)18-15(11-19)9-13-6-4-3-5-7-13/h3-7,12,14-15,19H,8-11,17H2,1-2H3,(H,18,20). The Morgan fingerprint density at radius 2 is 1.95 bits per heavy atom. The predicted molar refractivity (Wildman–Crippen MR) is 81.2 cm³/mol. The number of amides is 1. The molecule has 0 spiro atoms. The van der Waals surface area contributed by atoms with Gasteiger partial charge in [0.2, 0.25) is 5.91 Å². The lowest BCUT2D eigenvalue weighted by atomic mass is 9.95. The lowest BCUT2D eigenvalue weighted by Gasteiger charge is -2.21. The third kappa shape index (κ3) is 5.72. The molecule has 0 bridgehead atoms. The molecule has 0 fully saturated rings. The Morgan fingerprint density at radius 1 is 1.30 bits per heavy atom. The molecule has 0 aliphatic heterocycles. The highest BCUT2D eigenvalue weighted by Crippen LogP contribution is 2.11. The van der Waals surface area contributed by atoms with E-state index in [2.05, 4.69) is 19.2 Å². The van der Waals surface area contributed by atoms with Crippen LogP contribution in [0.25, 0.3) is 0 Å². The fourth-order valence-electron chi connectivity index (χ4n) is 2.26. The van der Waals surface area contributed by atoms with Crippen LogP contribution in [0.1, 0.15) is 25.8 Å². The number of carbonyl (C=O) groups is 1. The van der Waals surface area contributed by atoms with Crippen molar-refractivity contribution in [2.24, 2.45) is 17.6 Å². The molecule has 0 aliphatic rings. The lowest BCUT2D eigenvalue weighted by Crippen LogP contribution is -2.44. The molecular weight excluding hydrogens is 252 g/mol. The van der Waals surface area contributed by atoms with Crippen LogP contribution in [0.4, 0.5) is 0 Å². The number of aliphatic hydroxyl groups is 1. The molecule has 20 heavy (non-hydrogen) atoms. The number of rotatable bonds is 8. The molecule has 1 rings (SSSR count). The Hall–Kier alpha value is -1.39. The van der Waals surface area contributed by atoms with Crippen LogP contribution in [0.5, 0.6) is 0 Å². The normalized spacial score (nSPS) is 14.1. The van der Waals surface area contributed by atoms with E-state index in [1.54, 1.807) is 0 Å². The van der Waals surface area contributed by atoms with Crippen LogP contribution in [-0.2, 0) is 11.2 Å². The van der Waals surface area contributed by atoms with Crippen molar-refractivity contribution >= 4 is 5.91 Å². The van der Waals surface area contributed by atoms with Gasteiger partial charge in [0.25, 0.3) is 0 Å². The van der Waals surface area contributed by atoms with E-state index in [0.29, 0.717) is 18.9 Å². The summed E-state index contributed by atoms with van der Waals surface area (Å²) in [4.78, 5) is 12.2. The Bertz CT molecular complexity index is 393. The van der Waals surface area contributed by atoms with Gasteiger partial charge in [0, 0.05) is 6.54 Å². The van der Waals surface area contributed by atoms with E-state index < -0.39 is 0 Å². The molecule has 0 aromatic heterocycles. The second kappa shape index (κ2) is 8.72. The Morgan fingerprint density at radius 3 is 2.45 bits per heavy atom. The monoisotopic (exact) mass is 278 g/mol. The minimum atomic E-state index is -0.258. The molecule has 4 heteroatoms. The van der Waals surface area contributed by atoms with Crippen LogP contribution in [0.3, 0.4) is 0 Å². The SMILES string of the molecule is CC(C)CC(CN)C(=O)NC(CO)Cc1ccccc1. The summed E-state index contributed by atoms with van der Waals surface area (Å²) in [5, 5.41) is 12.3. The molecule has 2 atom stereocenters. The van der Waals surface area contributed by atoms with Crippen LogP contribution < -0.4 is 11.1 Å². The molecule has 4 nitrogen and oxygen atoms in total. The maximum atomic E-state index is 12.2. The van der Waals surface area contributed by atoms with Crippen LogP contribution in [0, 0.1) is 11.8 Å². The number of hydrogen-bond acceptors (Lipinski definition) is 3. The fourth-order valence-corrected chi connectivity index (χ4v) is 2.26. The van der Waals surface area contributed by atoms with Crippen molar-refractivity contribution < 1.29 is 9.90 Å². The number of hydrogen-bond donors (Lipinski definition) is 3. The summed E-state index contributed by atoms with van der Waals surface area (Å²) in [6, 6.07) is 9.57. The minimum absolute atomic E-state index is 0.0591. The fraction of sp³-hybridized carbons (Fsp3) is 0.562. The highest BCUT2D eigenvalue weighted by Gasteiger charge is 2.21. The summed E-state index contributed by atoms with van der Waals surface area (Å²) >= 11 is 0. The molecule has 0 saturated heterocycles. The van der Waals surface area contributed by atoms with Crippen molar-refractivity contribution in [3.05, 3.63) is 35.9 Å². The smallest absolute Gasteiger partial charge is 0.224 e. The largest absolute Gasteiger partial charge is 0.394 e. The summed E-state index contributed by atoms with van der Waals surface area (Å²) in [5.41, 5.74) is 6.77. The second-order valence-corrected chi connectivity index (χ2v) is 5.64. The third-order valence-corrected chi connectivity index (χ3v) is 3.30. The van der Waals surface area contributed by atoms with Crippen molar-refractivity contribution in [2.75, 3.05) is 13.2 Å². The summed E-state index contributed by atoms with van der Waals surface area (Å²) in [5.74, 6) is 0.187. The van der Waals surface area contributed by atoms with Gasteiger partial charge >= 0.3 is 0 Å². The van der Waals surface area contributed by atoms with Gasteiger partial charge in [-0.2, -0.15) is 0 Å². The minimum Gasteiger partial charge on any atom is -0.394 e. The van der Waals surface area contributed by atoms with Crippen LogP contribution in [0.15, 0.2) is 30.3 Å². The number of nitrogens with one attached hydrogen (secondary N) is 1. The van der Waals surface area contributed by atoms with Gasteiger partial charge in [0.1, 0.15) is 0 Å². The Kier molecular flexibility index (Phi) is 7.26. The van der Waals surface area contributed by atoms with Gasteiger partial charge in [0.05, 0.1) is 18.6 Å². The Labute approximate surface area is 121 Å². The molecule has 1 aromatic carbocycles. The quantitative estimate of drug-likeness (QED) is 0.671. The highest BCUT2D eigenvalue weighted by atomic mass is 16.3. The topological polar surface area (TPSA) is 75.4 Å². The first-order valence-corrected chi connectivity index (χ1v) is 7.22. The van der Waals surface area contributed by atoms with Crippen LogP contribution in [-0.4, -0.2) is 30.2 Å². The summed E-state index contributed by atoms with van der Waals surface area (Å²) in [6.07, 6.45) is 1.40.